The number of esters is 1. The van der Waals surface area contributed by atoms with Crippen molar-refractivity contribution in [3.63, 3.8) is 0 Å². The van der Waals surface area contributed by atoms with E-state index in [2.05, 4.69) is 5.32 Å². The van der Waals surface area contributed by atoms with E-state index in [-0.39, 0.29) is 12.5 Å². The van der Waals surface area contributed by atoms with Crippen molar-refractivity contribution < 1.29 is 19.1 Å². The zero-order chi connectivity index (χ0) is 16.2. The monoisotopic (exact) mass is 305 g/mol. The summed E-state index contributed by atoms with van der Waals surface area (Å²) in [4.78, 5) is 23.8. The van der Waals surface area contributed by atoms with Gasteiger partial charge >= 0.3 is 5.97 Å². The Morgan fingerprint density at radius 3 is 2.45 bits per heavy atom. The van der Waals surface area contributed by atoms with Crippen LogP contribution in [0.1, 0.15) is 39.2 Å². The van der Waals surface area contributed by atoms with Crippen LogP contribution in [-0.4, -0.2) is 24.2 Å². The van der Waals surface area contributed by atoms with Gasteiger partial charge in [0.05, 0.1) is 5.41 Å². The van der Waals surface area contributed by atoms with Gasteiger partial charge in [-0.1, -0.05) is 44.2 Å². The third-order valence-corrected chi connectivity index (χ3v) is 4.37. The molecule has 1 aromatic carbocycles. The Hall–Kier alpha value is -1.88. The average Bonchev–Trinajstić information content (AvgIpc) is 2.54. The fourth-order valence-corrected chi connectivity index (χ4v) is 2.65. The largest absolute Gasteiger partial charge is 0.459 e. The number of ether oxygens (including phenoxy) is 2. The van der Waals surface area contributed by atoms with Crippen molar-refractivity contribution in [2.24, 2.45) is 5.41 Å². The third kappa shape index (κ3) is 3.14. The molecule has 2 atom stereocenters. The van der Waals surface area contributed by atoms with E-state index in [0.717, 1.165) is 5.56 Å². The maximum absolute atomic E-state index is 12.0. The molecule has 0 aromatic heterocycles. The zero-order valence-corrected chi connectivity index (χ0v) is 13.3. The van der Waals surface area contributed by atoms with Crippen LogP contribution >= 0.6 is 0 Å². The Kier molecular flexibility index (Phi) is 5.19. The normalized spacial score (nSPS) is 20.7. The van der Waals surface area contributed by atoms with Gasteiger partial charge in [-0.3, -0.25) is 4.79 Å². The van der Waals surface area contributed by atoms with Crippen LogP contribution in [0.5, 0.6) is 0 Å². The molecule has 1 saturated heterocycles. The van der Waals surface area contributed by atoms with Crippen LogP contribution < -0.4 is 5.32 Å². The lowest BCUT2D eigenvalue weighted by molar-refractivity contribution is -0.194. The van der Waals surface area contributed by atoms with Gasteiger partial charge in [0.25, 0.3) is 0 Å². The molecule has 1 aliphatic rings. The minimum atomic E-state index is -0.716. The molecule has 1 fully saturated rings. The first-order valence-electron chi connectivity index (χ1n) is 7.70. The van der Waals surface area contributed by atoms with Gasteiger partial charge in [0.2, 0.25) is 5.91 Å². The highest BCUT2D eigenvalue weighted by Gasteiger charge is 2.54. The lowest BCUT2D eigenvalue weighted by atomic mass is 9.73. The number of benzene rings is 1. The highest BCUT2D eigenvalue weighted by Crippen LogP contribution is 2.39. The fourth-order valence-electron chi connectivity index (χ4n) is 2.65. The average molecular weight is 305 g/mol. The van der Waals surface area contributed by atoms with Crippen molar-refractivity contribution in [3.8, 4) is 0 Å². The van der Waals surface area contributed by atoms with Crippen LogP contribution in [0.4, 0.5) is 0 Å². The molecule has 2 rings (SSSR count). The Balaban J connectivity index is 1.85. The van der Waals surface area contributed by atoms with Gasteiger partial charge < -0.3 is 14.8 Å². The first-order valence-corrected chi connectivity index (χ1v) is 7.70. The molecule has 1 heterocycles. The summed E-state index contributed by atoms with van der Waals surface area (Å²) >= 11 is 0. The molecule has 22 heavy (non-hydrogen) atoms. The number of amides is 1. The van der Waals surface area contributed by atoms with Gasteiger partial charge in [-0.15, -0.1) is 0 Å². The SMILES string of the molecule is CCC1(CC)C(=O)NC1O[C@@H](C)C(=O)OCc1ccccc1. The van der Waals surface area contributed by atoms with Gasteiger partial charge in [0.1, 0.15) is 12.8 Å². The van der Waals surface area contributed by atoms with Crippen molar-refractivity contribution in [2.45, 2.75) is 52.6 Å². The first kappa shape index (κ1) is 16.5. The maximum Gasteiger partial charge on any atom is 0.335 e. The number of rotatable bonds is 7. The second kappa shape index (κ2) is 6.92. The first-order chi connectivity index (χ1) is 10.5. The van der Waals surface area contributed by atoms with E-state index >= 15 is 0 Å². The van der Waals surface area contributed by atoms with Crippen LogP contribution in [0.25, 0.3) is 0 Å². The summed E-state index contributed by atoms with van der Waals surface area (Å²) < 4.78 is 10.9. The van der Waals surface area contributed by atoms with Gasteiger partial charge in [-0.05, 0) is 25.3 Å². The summed E-state index contributed by atoms with van der Waals surface area (Å²) in [5, 5.41) is 2.73. The summed E-state index contributed by atoms with van der Waals surface area (Å²) in [5.74, 6) is -0.432. The number of carbonyl (C=O) groups is 2. The molecule has 120 valence electrons. The highest BCUT2D eigenvalue weighted by molar-refractivity contribution is 5.89. The van der Waals surface area contributed by atoms with E-state index in [1.807, 2.05) is 44.2 Å². The predicted molar refractivity (Wildman–Crippen MR) is 81.7 cm³/mol. The minimum Gasteiger partial charge on any atom is -0.459 e. The summed E-state index contributed by atoms with van der Waals surface area (Å²) in [7, 11) is 0. The van der Waals surface area contributed by atoms with E-state index in [9.17, 15) is 9.59 Å². The molecule has 1 aliphatic heterocycles. The van der Waals surface area contributed by atoms with Gasteiger partial charge in [0, 0.05) is 0 Å². The number of carbonyl (C=O) groups excluding carboxylic acids is 2. The molecule has 1 unspecified atom stereocenters. The minimum absolute atomic E-state index is 0.00708. The number of hydrogen-bond acceptors (Lipinski definition) is 4. The Labute approximate surface area is 131 Å². The second-order valence-electron chi connectivity index (χ2n) is 5.59. The van der Waals surface area contributed by atoms with Crippen molar-refractivity contribution in [1.29, 1.82) is 0 Å². The van der Waals surface area contributed by atoms with Crippen molar-refractivity contribution in [3.05, 3.63) is 35.9 Å². The van der Waals surface area contributed by atoms with Crippen LogP contribution in [0, 0.1) is 5.41 Å². The van der Waals surface area contributed by atoms with Crippen molar-refractivity contribution in [2.75, 3.05) is 0 Å². The molecule has 0 radical (unpaired) electrons. The van der Waals surface area contributed by atoms with Crippen molar-refractivity contribution >= 4 is 11.9 Å². The summed E-state index contributed by atoms with van der Waals surface area (Å²) in [6.07, 6.45) is 0.235. The van der Waals surface area contributed by atoms with E-state index in [1.54, 1.807) is 6.92 Å². The van der Waals surface area contributed by atoms with Gasteiger partial charge in [-0.25, -0.2) is 4.79 Å². The Morgan fingerprint density at radius 2 is 1.91 bits per heavy atom. The lowest BCUT2D eigenvalue weighted by Gasteiger charge is -2.47. The Bertz CT molecular complexity index is 525. The molecule has 5 nitrogen and oxygen atoms in total. The molecule has 1 amide bonds. The maximum atomic E-state index is 12.0. The van der Waals surface area contributed by atoms with Crippen molar-refractivity contribution in [1.82, 2.24) is 5.32 Å². The molecular formula is C17H23NO4. The number of hydrogen-bond donors (Lipinski definition) is 1. The fraction of sp³-hybridized carbons (Fsp3) is 0.529. The van der Waals surface area contributed by atoms with Crippen LogP contribution in [-0.2, 0) is 25.7 Å². The quantitative estimate of drug-likeness (QED) is 0.620. The predicted octanol–water partition coefficient (Wildman–Crippen LogP) is 2.40. The van der Waals surface area contributed by atoms with Crippen LogP contribution in [0.3, 0.4) is 0 Å². The molecule has 0 bridgehead atoms. The molecule has 0 saturated carbocycles. The summed E-state index contributed by atoms with van der Waals surface area (Å²) in [5.41, 5.74) is 0.407. The van der Waals surface area contributed by atoms with E-state index in [0.29, 0.717) is 12.8 Å². The number of β-lactam (4-membered cyclic amide) rings is 1. The topological polar surface area (TPSA) is 64.6 Å². The zero-order valence-electron chi connectivity index (χ0n) is 13.3. The second-order valence-corrected chi connectivity index (χ2v) is 5.59. The number of nitrogens with one attached hydrogen (secondary N) is 1. The van der Waals surface area contributed by atoms with Crippen LogP contribution in [0.15, 0.2) is 30.3 Å². The third-order valence-electron chi connectivity index (χ3n) is 4.37. The smallest absolute Gasteiger partial charge is 0.335 e. The molecule has 1 aromatic rings. The standard InChI is InChI=1S/C17H23NO4/c1-4-17(5-2)15(20)18-16(17)22-12(3)14(19)21-11-13-9-7-6-8-10-13/h6-10,12,16H,4-5,11H2,1-3H3,(H,18,20)/t12-,16?/m0/s1. The van der Waals surface area contributed by atoms with Gasteiger partial charge in [0.15, 0.2) is 6.10 Å². The molecule has 0 spiro atoms. The van der Waals surface area contributed by atoms with Crippen LogP contribution in [0.2, 0.25) is 0 Å². The Morgan fingerprint density at radius 1 is 1.27 bits per heavy atom. The molecule has 5 heteroatoms. The lowest BCUT2D eigenvalue weighted by Crippen LogP contribution is -2.68. The van der Waals surface area contributed by atoms with E-state index in [4.69, 9.17) is 9.47 Å². The highest BCUT2D eigenvalue weighted by atomic mass is 16.6. The molecular weight excluding hydrogens is 282 g/mol. The molecule has 1 N–H and O–H groups in total. The summed E-state index contributed by atoms with van der Waals surface area (Å²) in [6.45, 7) is 5.78. The van der Waals surface area contributed by atoms with Gasteiger partial charge in [-0.2, -0.15) is 0 Å². The van der Waals surface area contributed by atoms with E-state index < -0.39 is 23.7 Å². The van der Waals surface area contributed by atoms with E-state index in [1.165, 1.54) is 0 Å². The summed E-state index contributed by atoms with van der Waals surface area (Å²) in [6, 6.07) is 9.48. The molecule has 0 aliphatic carbocycles.